The summed E-state index contributed by atoms with van der Waals surface area (Å²) in [5.74, 6) is 1.96. The molecule has 21 heavy (non-hydrogen) atoms. The standard InChI is InChI=1S/C16H14BrClN2O/c1-10-4-3-5-13-16(10)20(15(9-18)19-13)14-8-11(21-2)6-7-12(14)17/h3-8H,9H2,1-2H3. The Kier molecular flexibility index (Phi) is 3.91. The molecular formula is C16H14BrClN2O. The van der Waals surface area contributed by atoms with Gasteiger partial charge in [0.1, 0.15) is 11.6 Å². The van der Waals surface area contributed by atoms with Gasteiger partial charge in [0, 0.05) is 10.5 Å². The van der Waals surface area contributed by atoms with Crippen LogP contribution in [0.2, 0.25) is 0 Å². The number of nitrogens with zero attached hydrogens (tertiary/aromatic N) is 2. The molecule has 0 amide bonds. The molecule has 3 rings (SSSR count). The van der Waals surface area contributed by atoms with E-state index in [2.05, 4.69) is 38.5 Å². The van der Waals surface area contributed by atoms with Gasteiger partial charge in [-0.1, -0.05) is 12.1 Å². The van der Waals surface area contributed by atoms with Gasteiger partial charge in [-0.05, 0) is 46.6 Å². The first-order valence-electron chi connectivity index (χ1n) is 6.52. The monoisotopic (exact) mass is 364 g/mol. The predicted octanol–water partition coefficient (Wildman–Crippen LogP) is 4.84. The van der Waals surface area contributed by atoms with E-state index in [1.165, 1.54) is 0 Å². The van der Waals surface area contributed by atoms with Crippen LogP contribution < -0.4 is 4.74 Å². The van der Waals surface area contributed by atoms with Crippen LogP contribution >= 0.6 is 27.5 Å². The minimum Gasteiger partial charge on any atom is -0.497 e. The zero-order valence-corrected chi connectivity index (χ0v) is 14.1. The average molecular weight is 366 g/mol. The van der Waals surface area contributed by atoms with Crippen LogP contribution in [0.15, 0.2) is 40.9 Å². The molecule has 0 unspecified atom stereocenters. The van der Waals surface area contributed by atoms with E-state index >= 15 is 0 Å². The van der Waals surface area contributed by atoms with Gasteiger partial charge in [-0.15, -0.1) is 11.6 Å². The van der Waals surface area contributed by atoms with Gasteiger partial charge in [0.15, 0.2) is 0 Å². The van der Waals surface area contributed by atoms with Crippen LogP contribution in [0, 0.1) is 6.92 Å². The lowest BCUT2D eigenvalue weighted by Gasteiger charge is -2.13. The maximum atomic E-state index is 6.10. The number of rotatable bonds is 3. The first-order valence-corrected chi connectivity index (χ1v) is 7.85. The minimum atomic E-state index is 0.345. The Bertz CT molecular complexity index is 813. The molecule has 0 bridgehead atoms. The Balaban J connectivity index is 2.38. The second kappa shape index (κ2) is 5.70. The number of benzene rings is 2. The molecule has 0 fully saturated rings. The minimum absolute atomic E-state index is 0.345. The summed E-state index contributed by atoms with van der Waals surface area (Å²) < 4.78 is 8.39. The lowest BCUT2D eigenvalue weighted by molar-refractivity contribution is 0.414. The highest BCUT2D eigenvalue weighted by Crippen LogP contribution is 2.32. The summed E-state index contributed by atoms with van der Waals surface area (Å²) in [4.78, 5) is 4.63. The molecule has 0 aliphatic heterocycles. The predicted molar refractivity (Wildman–Crippen MR) is 89.6 cm³/mol. The normalized spacial score (nSPS) is 11.0. The molecule has 0 saturated carbocycles. The molecule has 0 N–H and O–H groups in total. The third kappa shape index (κ3) is 2.43. The fraction of sp³-hybridized carbons (Fsp3) is 0.188. The fourth-order valence-corrected chi connectivity index (χ4v) is 3.09. The maximum Gasteiger partial charge on any atom is 0.129 e. The average Bonchev–Trinajstić information content (AvgIpc) is 2.87. The first-order chi connectivity index (χ1) is 10.2. The van der Waals surface area contributed by atoms with Gasteiger partial charge < -0.3 is 4.74 Å². The molecule has 3 aromatic rings. The summed E-state index contributed by atoms with van der Waals surface area (Å²) in [6.07, 6.45) is 0. The Hall–Kier alpha value is -1.52. The van der Waals surface area contributed by atoms with E-state index in [1.807, 2.05) is 30.3 Å². The third-order valence-electron chi connectivity index (χ3n) is 3.46. The molecule has 2 aromatic carbocycles. The van der Waals surface area contributed by atoms with Gasteiger partial charge in [-0.2, -0.15) is 0 Å². The number of hydrogen-bond acceptors (Lipinski definition) is 2. The van der Waals surface area contributed by atoms with Crippen LogP contribution in [-0.4, -0.2) is 16.7 Å². The van der Waals surface area contributed by atoms with Gasteiger partial charge in [0.05, 0.1) is 29.7 Å². The Morgan fingerprint density at radius 2 is 2.10 bits per heavy atom. The van der Waals surface area contributed by atoms with Crippen LogP contribution in [0.4, 0.5) is 0 Å². The molecule has 0 spiro atoms. The number of ether oxygens (including phenoxy) is 1. The molecule has 5 heteroatoms. The van der Waals surface area contributed by atoms with E-state index in [0.717, 1.165) is 38.3 Å². The quantitative estimate of drug-likeness (QED) is 0.621. The second-order valence-corrected chi connectivity index (χ2v) is 5.88. The highest BCUT2D eigenvalue weighted by atomic mass is 79.9. The highest BCUT2D eigenvalue weighted by Gasteiger charge is 2.16. The summed E-state index contributed by atoms with van der Waals surface area (Å²) in [6, 6.07) is 12.0. The zero-order chi connectivity index (χ0) is 15.0. The van der Waals surface area contributed by atoms with E-state index in [9.17, 15) is 0 Å². The van der Waals surface area contributed by atoms with Crippen LogP contribution in [0.3, 0.4) is 0 Å². The van der Waals surface area contributed by atoms with Gasteiger partial charge in [0.2, 0.25) is 0 Å². The van der Waals surface area contributed by atoms with Gasteiger partial charge in [-0.3, -0.25) is 4.57 Å². The maximum absolute atomic E-state index is 6.10. The lowest BCUT2D eigenvalue weighted by Crippen LogP contribution is -2.01. The topological polar surface area (TPSA) is 27.1 Å². The SMILES string of the molecule is COc1ccc(Br)c(-n2c(CCl)nc3cccc(C)c32)c1. The first kappa shape index (κ1) is 14.4. The molecule has 0 radical (unpaired) electrons. The zero-order valence-electron chi connectivity index (χ0n) is 11.7. The van der Waals surface area contributed by atoms with Crippen LogP contribution in [0.5, 0.6) is 5.75 Å². The fourth-order valence-electron chi connectivity index (χ4n) is 2.48. The van der Waals surface area contributed by atoms with Crippen LogP contribution in [0.25, 0.3) is 16.7 Å². The van der Waals surface area contributed by atoms with Crippen molar-refractivity contribution in [1.29, 1.82) is 0 Å². The van der Waals surface area contributed by atoms with Crippen molar-refractivity contribution in [3.63, 3.8) is 0 Å². The molecule has 1 aromatic heterocycles. The van der Waals surface area contributed by atoms with Crippen molar-refractivity contribution in [1.82, 2.24) is 9.55 Å². The van der Waals surface area contributed by atoms with E-state index in [1.54, 1.807) is 7.11 Å². The van der Waals surface area contributed by atoms with E-state index in [-0.39, 0.29) is 0 Å². The van der Waals surface area contributed by atoms with Crippen LogP contribution in [-0.2, 0) is 5.88 Å². The lowest BCUT2D eigenvalue weighted by atomic mass is 10.2. The van der Waals surface area contributed by atoms with Crippen molar-refractivity contribution in [3.8, 4) is 11.4 Å². The summed E-state index contributed by atoms with van der Waals surface area (Å²) in [5.41, 5.74) is 4.15. The van der Waals surface area contributed by atoms with Gasteiger partial charge in [0.25, 0.3) is 0 Å². The van der Waals surface area contributed by atoms with Crippen LogP contribution in [0.1, 0.15) is 11.4 Å². The van der Waals surface area contributed by atoms with Gasteiger partial charge >= 0.3 is 0 Å². The number of methoxy groups -OCH3 is 1. The number of aryl methyl sites for hydroxylation is 1. The summed E-state index contributed by atoms with van der Waals surface area (Å²) in [5, 5.41) is 0. The van der Waals surface area contributed by atoms with Crippen molar-refractivity contribution in [2.24, 2.45) is 0 Å². The van der Waals surface area contributed by atoms with Crippen molar-refractivity contribution in [2.45, 2.75) is 12.8 Å². The number of aromatic nitrogens is 2. The number of para-hydroxylation sites is 1. The Morgan fingerprint density at radius 1 is 1.29 bits per heavy atom. The number of alkyl halides is 1. The van der Waals surface area contributed by atoms with Crippen molar-refractivity contribution >= 4 is 38.6 Å². The largest absolute Gasteiger partial charge is 0.497 e. The number of halogens is 2. The second-order valence-electron chi connectivity index (χ2n) is 4.76. The molecule has 0 saturated heterocycles. The van der Waals surface area contributed by atoms with Crippen molar-refractivity contribution in [3.05, 3.63) is 52.3 Å². The smallest absolute Gasteiger partial charge is 0.129 e. The molecule has 0 atom stereocenters. The van der Waals surface area contributed by atoms with Crippen molar-refractivity contribution < 1.29 is 4.74 Å². The molecule has 0 aliphatic carbocycles. The summed E-state index contributed by atoms with van der Waals surface area (Å²) in [6.45, 7) is 2.08. The summed E-state index contributed by atoms with van der Waals surface area (Å²) >= 11 is 9.71. The molecule has 108 valence electrons. The third-order valence-corrected chi connectivity index (χ3v) is 4.37. The van der Waals surface area contributed by atoms with Gasteiger partial charge in [-0.25, -0.2) is 4.98 Å². The molecule has 3 nitrogen and oxygen atoms in total. The number of fused-ring (bicyclic) bond motifs is 1. The molecule has 1 heterocycles. The Labute approximate surface area is 136 Å². The van der Waals surface area contributed by atoms with E-state index in [0.29, 0.717) is 5.88 Å². The molecular weight excluding hydrogens is 352 g/mol. The van der Waals surface area contributed by atoms with Crippen molar-refractivity contribution in [2.75, 3.05) is 7.11 Å². The highest BCUT2D eigenvalue weighted by molar-refractivity contribution is 9.10. The van der Waals surface area contributed by atoms with E-state index < -0.39 is 0 Å². The van der Waals surface area contributed by atoms with E-state index in [4.69, 9.17) is 16.3 Å². The number of hydrogen-bond donors (Lipinski definition) is 0. The Morgan fingerprint density at radius 3 is 2.81 bits per heavy atom. The number of imidazole rings is 1. The summed E-state index contributed by atoms with van der Waals surface area (Å²) in [7, 11) is 1.66. The molecule has 0 aliphatic rings.